The molecule has 1 rings (SSSR count). The van der Waals surface area contributed by atoms with E-state index in [1.165, 1.54) is 12.8 Å². The molecule has 2 unspecified atom stereocenters. The molecule has 0 radical (unpaired) electrons. The summed E-state index contributed by atoms with van der Waals surface area (Å²) in [6, 6.07) is 0.597. The van der Waals surface area contributed by atoms with Crippen molar-refractivity contribution in [1.29, 1.82) is 0 Å². The minimum atomic E-state index is -0.0891. The molecule has 1 aliphatic rings. The number of nitrogens with zero attached hydrogens (tertiary/aromatic N) is 1. The third-order valence-corrected chi connectivity index (χ3v) is 2.97. The Kier molecular flexibility index (Phi) is 5.77. The van der Waals surface area contributed by atoms with Gasteiger partial charge in [-0.15, -0.1) is 0 Å². The van der Waals surface area contributed by atoms with E-state index in [9.17, 15) is 4.79 Å². The van der Waals surface area contributed by atoms with Crippen LogP contribution in [0.3, 0.4) is 0 Å². The summed E-state index contributed by atoms with van der Waals surface area (Å²) in [5.74, 6) is -0.125. The zero-order valence-corrected chi connectivity index (χ0v) is 10.7. The summed E-state index contributed by atoms with van der Waals surface area (Å²) in [5, 5.41) is 3.46. The van der Waals surface area contributed by atoms with E-state index >= 15 is 0 Å². The highest BCUT2D eigenvalue weighted by atomic mass is 16.5. The van der Waals surface area contributed by atoms with Crippen LogP contribution in [0.15, 0.2) is 0 Å². The fourth-order valence-corrected chi connectivity index (χ4v) is 2.19. The number of esters is 1. The maximum Gasteiger partial charge on any atom is 0.309 e. The molecule has 4 heteroatoms. The smallest absolute Gasteiger partial charge is 0.309 e. The fraction of sp³-hybridized carbons (Fsp3) is 0.917. The highest BCUT2D eigenvalue weighted by Crippen LogP contribution is 2.08. The number of likely N-dealkylation sites (N-methyl/N-ethyl adjacent to an activating group) is 1. The first kappa shape index (κ1) is 13.5. The zero-order chi connectivity index (χ0) is 12.0. The molecule has 0 aromatic heterocycles. The minimum absolute atomic E-state index is 0.0358. The van der Waals surface area contributed by atoms with Gasteiger partial charge in [0.1, 0.15) is 0 Å². The molecule has 0 aromatic carbocycles. The standard InChI is InChI=1S/C12H24N2O2/c1-4-16-12(15)10(2)8-14(3)9-11-6-5-7-13-11/h10-11,13H,4-9H2,1-3H3. The minimum Gasteiger partial charge on any atom is -0.466 e. The van der Waals surface area contributed by atoms with Gasteiger partial charge < -0.3 is 15.0 Å². The summed E-state index contributed by atoms with van der Waals surface area (Å²) in [6.07, 6.45) is 2.52. The van der Waals surface area contributed by atoms with Crippen LogP contribution in [0.25, 0.3) is 0 Å². The molecule has 2 atom stereocenters. The first-order chi connectivity index (χ1) is 7.63. The van der Waals surface area contributed by atoms with E-state index in [0.717, 1.165) is 19.6 Å². The Balaban J connectivity index is 2.21. The Labute approximate surface area is 98.3 Å². The van der Waals surface area contributed by atoms with Crippen molar-refractivity contribution in [1.82, 2.24) is 10.2 Å². The van der Waals surface area contributed by atoms with Gasteiger partial charge >= 0.3 is 5.97 Å². The molecule has 0 bridgehead atoms. The molecule has 1 N–H and O–H groups in total. The molecule has 0 aromatic rings. The molecule has 16 heavy (non-hydrogen) atoms. The lowest BCUT2D eigenvalue weighted by Gasteiger charge is -2.23. The van der Waals surface area contributed by atoms with Crippen LogP contribution in [0.1, 0.15) is 26.7 Å². The Hall–Kier alpha value is -0.610. The van der Waals surface area contributed by atoms with E-state index in [4.69, 9.17) is 4.74 Å². The van der Waals surface area contributed by atoms with Crippen molar-refractivity contribution in [2.45, 2.75) is 32.7 Å². The SMILES string of the molecule is CCOC(=O)C(C)CN(C)CC1CCCN1. The summed E-state index contributed by atoms with van der Waals surface area (Å²) < 4.78 is 4.99. The lowest BCUT2D eigenvalue weighted by Crippen LogP contribution is -2.38. The van der Waals surface area contributed by atoms with E-state index in [1.54, 1.807) is 0 Å². The van der Waals surface area contributed by atoms with Crippen LogP contribution < -0.4 is 5.32 Å². The number of carbonyl (C=O) groups excluding carboxylic acids is 1. The van der Waals surface area contributed by atoms with Crippen molar-refractivity contribution in [2.24, 2.45) is 5.92 Å². The van der Waals surface area contributed by atoms with Crippen molar-refractivity contribution >= 4 is 5.97 Å². The van der Waals surface area contributed by atoms with Gasteiger partial charge in [-0.2, -0.15) is 0 Å². The third-order valence-electron chi connectivity index (χ3n) is 2.97. The summed E-state index contributed by atoms with van der Waals surface area (Å²) in [7, 11) is 2.07. The predicted octanol–water partition coefficient (Wildman–Crippen LogP) is 0.869. The number of ether oxygens (including phenoxy) is 1. The van der Waals surface area contributed by atoms with Gasteiger partial charge in [0.2, 0.25) is 0 Å². The normalized spacial score (nSPS) is 22.4. The van der Waals surface area contributed by atoms with Gasteiger partial charge in [0, 0.05) is 19.1 Å². The molecule has 94 valence electrons. The Morgan fingerprint density at radius 3 is 2.94 bits per heavy atom. The second-order valence-electron chi connectivity index (χ2n) is 4.67. The van der Waals surface area contributed by atoms with Gasteiger partial charge in [0.05, 0.1) is 12.5 Å². The largest absolute Gasteiger partial charge is 0.466 e. The molecule has 1 aliphatic heterocycles. The molecule has 0 saturated carbocycles. The average Bonchev–Trinajstić information content (AvgIpc) is 2.70. The van der Waals surface area contributed by atoms with E-state index in [2.05, 4.69) is 17.3 Å². The summed E-state index contributed by atoms with van der Waals surface area (Å²) in [6.45, 7) is 7.16. The summed E-state index contributed by atoms with van der Waals surface area (Å²) in [4.78, 5) is 13.7. The number of hydrogen-bond acceptors (Lipinski definition) is 4. The first-order valence-corrected chi connectivity index (χ1v) is 6.22. The second kappa shape index (κ2) is 6.86. The molecular weight excluding hydrogens is 204 g/mol. The summed E-state index contributed by atoms with van der Waals surface area (Å²) in [5.41, 5.74) is 0. The molecule has 0 aliphatic carbocycles. The van der Waals surface area contributed by atoms with E-state index in [0.29, 0.717) is 12.6 Å². The van der Waals surface area contributed by atoms with Crippen LogP contribution in [0.4, 0.5) is 0 Å². The predicted molar refractivity (Wildman–Crippen MR) is 64.3 cm³/mol. The Bertz CT molecular complexity index is 215. The molecule has 0 spiro atoms. The molecule has 4 nitrogen and oxygen atoms in total. The van der Waals surface area contributed by atoms with Gasteiger partial charge in [0.25, 0.3) is 0 Å². The third kappa shape index (κ3) is 4.49. The quantitative estimate of drug-likeness (QED) is 0.685. The van der Waals surface area contributed by atoms with Gasteiger partial charge in [-0.3, -0.25) is 4.79 Å². The number of nitrogens with one attached hydrogen (secondary N) is 1. The van der Waals surface area contributed by atoms with Crippen LogP contribution in [0.5, 0.6) is 0 Å². The maximum atomic E-state index is 11.5. The number of carbonyl (C=O) groups is 1. The van der Waals surface area contributed by atoms with Gasteiger partial charge in [-0.05, 0) is 33.4 Å². The Morgan fingerprint density at radius 1 is 1.62 bits per heavy atom. The van der Waals surface area contributed by atoms with Crippen molar-refractivity contribution in [2.75, 3.05) is 33.3 Å². The topological polar surface area (TPSA) is 41.6 Å². The van der Waals surface area contributed by atoms with Crippen LogP contribution in [-0.4, -0.2) is 50.2 Å². The van der Waals surface area contributed by atoms with Crippen molar-refractivity contribution in [3.8, 4) is 0 Å². The van der Waals surface area contributed by atoms with Crippen LogP contribution in [-0.2, 0) is 9.53 Å². The number of rotatable bonds is 6. The van der Waals surface area contributed by atoms with E-state index in [-0.39, 0.29) is 11.9 Å². The second-order valence-corrected chi connectivity index (χ2v) is 4.67. The Morgan fingerprint density at radius 2 is 2.38 bits per heavy atom. The molecule has 1 heterocycles. The molecule has 1 fully saturated rings. The highest BCUT2D eigenvalue weighted by molar-refractivity contribution is 5.72. The van der Waals surface area contributed by atoms with Crippen LogP contribution in [0, 0.1) is 5.92 Å². The van der Waals surface area contributed by atoms with E-state index in [1.807, 2.05) is 13.8 Å². The maximum absolute atomic E-state index is 11.5. The summed E-state index contributed by atoms with van der Waals surface area (Å²) >= 11 is 0. The lowest BCUT2D eigenvalue weighted by atomic mass is 10.1. The first-order valence-electron chi connectivity index (χ1n) is 6.22. The van der Waals surface area contributed by atoms with Crippen LogP contribution in [0.2, 0.25) is 0 Å². The van der Waals surface area contributed by atoms with Crippen LogP contribution >= 0.6 is 0 Å². The molecular formula is C12H24N2O2. The zero-order valence-electron chi connectivity index (χ0n) is 10.7. The monoisotopic (exact) mass is 228 g/mol. The number of hydrogen-bond donors (Lipinski definition) is 1. The van der Waals surface area contributed by atoms with Gasteiger partial charge in [-0.25, -0.2) is 0 Å². The van der Waals surface area contributed by atoms with Gasteiger partial charge in [-0.1, -0.05) is 6.92 Å². The van der Waals surface area contributed by atoms with Crippen molar-refractivity contribution in [3.05, 3.63) is 0 Å². The fourth-order valence-electron chi connectivity index (χ4n) is 2.19. The van der Waals surface area contributed by atoms with Gasteiger partial charge in [0.15, 0.2) is 0 Å². The molecule has 1 saturated heterocycles. The van der Waals surface area contributed by atoms with Crippen molar-refractivity contribution < 1.29 is 9.53 Å². The average molecular weight is 228 g/mol. The highest BCUT2D eigenvalue weighted by Gasteiger charge is 2.20. The van der Waals surface area contributed by atoms with E-state index < -0.39 is 0 Å². The lowest BCUT2D eigenvalue weighted by molar-refractivity contribution is -0.147. The van der Waals surface area contributed by atoms with Crippen molar-refractivity contribution in [3.63, 3.8) is 0 Å². The molecule has 0 amide bonds.